The topological polar surface area (TPSA) is 366 Å². The van der Waals surface area contributed by atoms with Gasteiger partial charge in [0.25, 0.3) is 0 Å². The molecule has 12 amide bonds. The molecule has 3 heterocycles. The zero-order valence-corrected chi connectivity index (χ0v) is 62.7. The molecule has 113 heavy (non-hydrogen) atoms. The summed E-state index contributed by atoms with van der Waals surface area (Å²) in [7, 11) is -7.23. The number of benzene rings is 6. The number of anilines is 3. The van der Waals surface area contributed by atoms with E-state index in [0.29, 0.717) is 9.80 Å². The quantitative estimate of drug-likeness (QED) is 0.101. The molecule has 0 spiro atoms. The minimum Gasteiger partial charge on any atom is -0.341 e. The number of carbonyl (C=O) groups excluding carboxylic acids is 9. The van der Waals surface area contributed by atoms with Crippen LogP contribution in [0.1, 0.15) is 127 Å². The van der Waals surface area contributed by atoms with Gasteiger partial charge in [0.15, 0.2) is 37.0 Å². The van der Waals surface area contributed by atoms with E-state index in [1.54, 1.807) is 13.8 Å². The number of halogens is 9. The van der Waals surface area contributed by atoms with Gasteiger partial charge < -0.3 is 16.0 Å². The Hall–Kier alpha value is -12.3. The number of hydrogen-bond acceptors (Lipinski definition) is 17. The molecule has 26 nitrogen and oxygen atoms in total. The molecule has 12 rings (SSSR count). The number of sulfone groups is 2. The molecule has 0 saturated heterocycles. The molecule has 3 unspecified atom stereocenters. The van der Waals surface area contributed by atoms with Crippen molar-refractivity contribution in [3.8, 4) is 18.2 Å². The number of urea groups is 6. The van der Waals surface area contributed by atoms with E-state index in [1.807, 2.05) is 18.2 Å². The standard InChI is InChI=1S/C26H23F3N4O5S.C25H21F3N4O5S.C24H19F3N4O4S/c1-14(2)31-24(35)33-23(18-8-7-15(13-30)11-21(18)39(3,37)38)22-19(9-10-20(22)34)32(25(33)36)17-6-4-5-16(12-17)26(27,28)29;1-3-38(36,37)20-11-14(13-29)7-8-17(20)22-21-18(9-10-19(21)33)31(24(35)32(22)23(34)30-2)16-6-4-5-15(12-16)25(26,27)28;1-29-22(33)31-21(16-7-6-13(12-28)10-19(16)36(2)35)20-17(8-9-18(20)32)30(23(31)34)15-5-3-4-14(11-15)24(25,26)27/h4-8,11-12,14,23H,9-10H2,1-3H3,(H,31,35);4-8,11-12,22H,3,9-10H2,1-2H3,(H,30,34);3-7,10-11,21H,8-9H2,1-2H3,(H,29,33)/t23-;;/m1../s1. The van der Waals surface area contributed by atoms with Gasteiger partial charge in [-0.05, 0) is 141 Å². The van der Waals surface area contributed by atoms with Crippen molar-refractivity contribution in [2.45, 2.75) is 117 Å². The van der Waals surface area contributed by atoms with Gasteiger partial charge in [-0.3, -0.25) is 33.3 Å². The molecule has 6 aliphatic rings. The van der Waals surface area contributed by atoms with E-state index in [0.717, 1.165) is 92.6 Å². The molecule has 6 aromatic carbocycles. The van der Waals surface area contributed by atoms with Crippen molar-refractivity contribution >= 4 is 101 Å². The van der Waals surface area contributed by atoms with Crippen molar-refractivity contribution in [3.63, 3.8) is 0 Å². The van der Waals surface area contributed by atoms with Gasteiger partial charge in [0.05, 0.1) is 101 Å². The first-order valence-corrected chi connectivity index (χ1v) is 38.9. The Morgan fingerprint density at radius 3 is 1.12 bits per heavy atom. The molecule has 6 aromatic rings. The van der Waals surface area contributed by atoms with Crippen LogP contribution in [-0.4, -0.2) is 128 Å². The first-order valence-electron chi connectivity index (χ1n) is 33.8. The van der Waals surface area contributed by atoms with E-state index in [-0.39, 0.29) is 143 Å². The third kappa shape index (κ3) is 16.1. The number of hydrogen-bond donors (Lipinski definition) is 3. The number of rotatable bonds is 11. The number of nitrogens with one attached hydrogen (secondary N) is 3. The van der Waals surface area contributed by atoms with Crippen LogP contribution in [-0.2, 0) is 63.4 Å². The fraction of sp³-hybridized carbons (Fsp3) is 0.280. The van der Waals surface area contributed by atoms with Crippen molar-refractivity contribution in [2.75, 3.05) is 47.1 Å². The first-order chi connectivity index (χ1) is 53.0. The highest BCUT2D eigenvalue weighted by molar-refractivity contribution is 7.91. The average molecular weight is 1620 g/mol. The maximum absolute atomic E-state index is 14.0. The van der Waals surface area contributed by atoms with Gasteiger partial charge in [0.2, 0.25) is 0 Å². The van der Waals surface area contributed by atoms with E-state index in [1.165, 1.54) is 87.9 Å². The van der Waals surface area contributed by atoms with E-state index < -0.39 is 143 Å². The molecule has 3 aliphatic carbocycles. The Bertz CT molecular complexity index is 5590. The molecule has 0 bridgehead atoms. The molecule has 0 saturated carbocycles. The molecular weight excluding hydrogens is 1560 g/mol. The van der Waals surface area contributed by atoms with E-state index in [4.69, 9.17) is 0 Å². The molecule has 0 fully saturated rings. The van der Waals surface area contributed by atoms with Crippen LogP contribution in [0.2, 0.25) is 0 Å². The van der Waals surface area contributed by atoms with Gasteiger partial charge in [-0.1, -0.05) is 43.3 Å². The van der Waals surface area contributed by atoms with Crippen LogP contribution >= 0.6 is 0 Å². The van der Waals surface area contributed by atoms with Crippen LogP contribution in [0.3, 0.4) is 0 Å². The number of amides is 12. The number of imide groups is 3. The normalized spacial score (nSPS) is 18.2. The largest absolute Gasteiger partial charge is 0.416 e. The number of alkyl halides is 9. The summed E-state index contributed by atoms with van der Waals surface area (Å²) in [6, 6.07) is 18.3. The van der Waals surface area contributed by atoms with Crippen LogP contribution in [0.15, 0.2) is 176 Å². The van der Waals surface area contributed by atoms with Crippen LogP contribution in [0, 0.1) is 34.0 Å². The fourth-order valence-corrected chi connectivity index (χ4v) is 16.7. The number of nitriles is 3. The minimum atomic E-state index is -4.72. The molecule has 0 radical (unpaired) electrons. The molecule has 0 aromatic heterocycles. The van der Waals surface area contributed by atoms with Crippen LogP contribution in [0.5, 0.6) is 0 Å². The van der Waals surface area contributed by atoms with Gasteiger partial charge in [0.1, 0.15) is 12.1 Å². The second-order valence-electron chi connectivity index (χ2n) is 26.1. The molecule has 38 heteroatoms. The lowest BCUT2D eigenvalue weighted by atomic mass is 9.92. The highest BCUT2D eigenvalue weighted by Gasteiger charge is 2.54. The lowest BCUT2D eigenvalue weighted by Crippen LogP contribution is -2.56. The number of Topliss-reactive ketones (excluding diaryl/α,β-unsaturated/α-hetero) is 3. The predicted octanol–water partition coefficient (Wildman–Crippen LogP) is 13.3. The van der Waals surface area contributed by atoms with Crippen molar-refractivity contribution in [3.05, 3.63) is 211 Å². The monoisotopic (exact) mass is 1620 g/mol. The summed E-state index contributed by atoms with van der Waals surface area (Å²) >= 11 is 0. The summed E-state index contributed by atoms with van der Waals surface area (Å²) in [4.78, 5) is 125. The Morgan fingerprint density at radius 1 is 0.487 bits per heavy atom. The van der Waals surface area contributed by atoms with Crippen LogP contribution in [0.4, 0.5) is 85.3 Å². The van der Waals surface area contributed by atoms with E-state index in [2.05, 4.69) is 16.0 Å². The van der Waals surface area contributed by atoms with Gasteiger partial charge >= 0.3 is 54.7 Å². The maximum Gasteiger partial charge on any atom is 0.416 e. The molecule has 4 atom stereocenters. The summed E-state index contributed by atoms with van der Waals surface area (Å²) < 4.78 is 185. The Balaban J connectivity index is 0.000000180. The summed E-state index contributed by atoms with van der Waals surface area (Å²) in [5.74, 6) is -1.75. The smallest absolute Gasteiger partial charge is 0.341 e. The Morgan fingerprint density at radius 2 is 0.805 bits per heavy atom. The predicted molar refractivity (Wildman–Crippen MR) is 385 cm³/mol. The summed E-state index contributed by atoms with van der Waals surface area (Å²) in [5, 5.41) is 35.1. The maximum atomic E-state index is 14.0. The highest BCUT2D eigenvalue weighted by Crippen LogP contribution is 2.52. The van der Waals surface area contributed by atoms with Crippen molar-refractivity contribution < 1.29 is 104 Å². The number of ketones is 3. The molecule has 588 valence electrons. The Labute approximate surface area is 641 Å². The fourth-order valence-electron chi connectivity index (χ4n) is 13.8. The molecular formula is C75H63F9N12O14S3. The minimum absolute atomic E-state index is 0.00274. The van der Waals surface area contributed by atoms with Gasteiger partial charge in [-0.15, -0.1) is 0 Å². The molecule has 3 N–H and O–H groups in total. The van der Waals surface area contributed by atoms with Crippen LogP contribution in [0.25, 0.3) is 0 Å². The Kier molecular flexibility index (Phi) is 23.4. The molecule has 3 aliphatic heterocycles. The lowest BCUT2D eigenvalue weighted by Gasteiger charge is -2.41. The van der Waals surface area contributed by atoms with E-state index in [9.17, 15) is 119 Å². The third-order valence-electron chi connectivity index (χ3n) is 18.7. The SMILES string of the molecule is CC(C)NC(=O)N1C(=O)N(c2cccc(C(F)(F)F)c2)C2=C(C(=O)CC2)[C@H]1c1ccc(C#N)cc1S(C)(=O)=O.CCS(=O)(=O)c1cc(C#N)ccc1C1C2=C(CCC2=O)N(c2cccc(C(F)(F)F)c2)C(=O)N1C(=O)NC.CNC(=O)N1C(=O)N(c2cccc(C(F)(F)F)c2)C2=C(C(=O)CC2)C1c1ccc(C#N)cc1S(C)=O. The number of carbonyl (C=O) groups is 9. The number of nitrogens with zero attached hydrogens (tertiary/aromatic N) is 9. The second kappa shape index (κ2) is 31.8. The van der Waals surface area contributed by atoms with Crippen molar-refractivity contribution in [1.82, 2.24) is 30.7 Å². The summed E-state index contributed by atoms with van der Waals surface area (Å²) in [5.41, 5.74) is -3.18. The van der Waals surface area contributed by atoms with Crippen LogP contribution < -0.4 is 30.7 Å². The van der Waals surface area contributed by atoms with Crippen molar-refractivity contribution in [2.24, 2.45) is 0 Å². The lowest BCUT2D eigenvalue weighted by molar-refractivity contribution is -0.138. The summed E-state index contributed by atoms with van der Waals surface area (Å²) in [6.45, 7) is 4.60. The zero-order valence-electron chi connectivity index (χ0n) is 60.3. The average Bonchev–Trinajstić information content (AvgIpc) is 1.68. The van der Waals surface area contributed by atoms with Gasteiger partial charge in [-0.2, -0.15) is 55.3 Å². The van der Waals surface area contributed by atoms with Gasteiger partial charge in [-0.25, -0.2) is 60.3 Å². The summed E-state index contributed by atoms with van der Waals surface area (Å²) in [6.07, 6.45) is -12.1. The van der Waals surface area contributed by atoms with Gasteiger partial charge in [0, 0.05) is 90.6 Å². The first kappa shape index (κ1) is 83.1. The third-order valence-corrected chi connectivity index (χ3v) is 22.6. The number of allylic oxidation sites excluding steroid dienone is 3. The van der Waals surface area contributed by atoms with Crippen molar-refractivity contribution in [1.29, 1.82) is 15.8 Å². The zero-order chi connectivity index (χ0) is 83.2. The second-order valence-corrected chi connectivity index (χ2v) is 31.7. The highest BCUT2D eigenvalue weighted by atomic mass is 32.2. The van der Waals surface area contributed by atoms with E-state index >= 15 is 0 Å².